The summed E-state index contributed by atoms with van der Waals surface area (Å²) >= 11 is 0. The van der Waals surface area contributed by atoms with Crippen LogP contribution in [-0.2, 0) is 20.5 Å². The second-order valence-corrected chi connectivity index (χ2v) is 15.3. The molecular weight excluding hydrogens is 745 g/mol. The number of imidazole rings is 2. The van der Waals surface area contributed by atoms with E-state index in [0.717, 1.165) is 54.5 Å². The minimum atomic E-state index is -4.74. The molecule has 3 unspecified atom stereocenters. The number of hydrogen-bond acceptors (Lipinski definition) is 7. The van der Waals surface area contributed by atoms with Crippen LogP contribution < -0.4 is 10.6 Å². The van der Waals surface area contributed by atoms with Gasteiger partial charge < -0.3 is 40.2 Å². The van der Waals surface area contributed by atoms with E-state index in [-0.39, 0.29) is 46.8 Å². The summed E-state index contributed by atoms with van der Waals surface area (Å²) in [5.74, 6) is 0.0589. The number of ether oxygens (including phenoxy) is 1. The molecule has 300 valence electrons. The van der Waals surface area contributed by atoms with Crippen LogP contribution in [-0.4, -0.2) is 91.1 Å². The molecule has 14 nitrogen and oxygen atoms in total. The summed E-state index contributed by atoms with van der Waals surface area (Å²) in [5, 5.41) is 14.3. The topological polar surface area (TPSA) is 186 Å². The van der Waals surface area contributed by atoms with Crippen molar-refractivity contribution in [1.82, 2.24) is 40.4 Å². The van der Waals surface area contributed by atoms with Crippen LogP contribution in [0.25, 0.3) is 33.6 Å². The Balaban J connectivity index is 0.971. The Morgan fingerprint density at radius 1 is 0.754 bits per heavy atom. The smallest absolute Gasteiger partial charge is 0.433 e. The number of rotatable bonds is 11. The molecule has 2 aliphatic carbocycles. The molecule has 4 aliphatic rings. The van der Waals surface area contributed by atoms with Crippen LogP contribution in [0.3, 0.4) is 0 Å². The van der Waals surface area contributed by atoms with Gasteiger partial charge in [-0.15, -0.1) is 0 Å². The molecule has 4 heterocycles. The number of alkyl carbamates (subject to hydrolysis) is 1. The van der Waals surface area contributed by atoms with Gasteiger partial charge >= 0.3 is 18.4 Å². The Labute approximate surface area is 325 Å². The molecule has 4 fully saturated rings. The lowest BCUT2D eigenvalue weighted by molar-refractivity contribution is -0.140. The van der Waals surface area contributed by atoms with E-state index in [1.54, 1.807) is 35.4 Å². The minimum absolute atomic E-state index is 0.0171. The number of benzene rings is 2. The zero-order chi connectivity index (χ0) is 40.0. The molecule has 8 rings (SSSR count). The number of carbonyl (C=O) groups excluding carboxylic acids is 3. The van der Waals surface area contributed by atoms with Gasteiger partial charge in [0.15, 0.2) is 0 Å². The SMILES string of the molecule is COC(=O)NC(C(=O)N1CCC[C@H]1c1nc(-c2ccc(-c3ccc(-c4cnc(C5CCCN5C(=O)C(NC(=O)O)C5CC5)[nH]4)cc3)cc2)c(C(F)(F)F)[nH]1)C1CC1. The van der Waals surface area contributed by atoms with Gasteiger partial charge in [0, 0.05) is 18.7 Å². The minimum Gasteiger partial charge on any atom is -0.465 e. The third kappa shape index (κ3) is 7.91. The Morgan fingerprint density at radius 2 is 1.26 bits per heavy atom. The highest BCUT2D eigenvalue weighted by Gasteiger charge is 2.46. The number of methoxy groups -OCH3 is 1. The van der Waals surface area contributed by atoms with Gasteiger partial charge in [-0.1, -0.05) is 48.5 Å². The van der Waals surface area contributed by atoms with Crippen molar-refractivity contribution in [2.75, 3.05) is 20.2 Å². The second-order valence-electron chi connectivity index (χ2n) is 15.3. The van der Waals surface area contributed by atoms with E-state index in [4.69, 9.17) is 4.74 Å². The molecule has 0 spiro atoms. The van der Waals surface area contributed by atoms with E-state index in [1.807, 2.05) is 24.3 Å². The average molecular weight is 789 g/mol. The van der Waals surface area contributed by atoms with Crippen LogP contribution in [0.1, 0.15) is 80.8 Å². The van der Waals surface area contributed by atoms with E-state index in [0.29, 0.717) is 38.2 Å². The quantitative estimate of drug-likeness (QED) is 0.112. The van der Waals surface area contributed by atoms with Crippen LogP contribution in [0.4, 0.5) is 22.8 Å². The van der Waals surface area contributed by atoms with E-state index in [2.05, 4.69) is 30.6 Å². The van der Waals surface area contributed by atoms with Gasteiger partial charge in [0.25, 0.3) is 0 Å². The highest BCUT2D eigenvalue weighted by atomic mass is 19.4. The Morgan fingerprint density at radius 3 is 1.77 bits per heavy atom. The van der Waals surface area contributed by atoms with E-state index < -0.39 is 42.2 Å². The Hall–Kier alpha value is -5.87. The summed E-state index contributed by atoms with van der Waals surface area (Å²) in [6.07, 6.45) is 0.654. The molecule has 4 aromatic rings. The second kappa shape index (κ2) is 15.2. The zero-order valence-corrected chi connectivity index (χ0v) is 31.1. The number of amides is 4. The largest absolute Gasteiger partial charge is 0.465 e. The summed E-state index contributed by atoms with van der Waals surface area (Å²) in [6.45, 7) is 0.853. The molecule has 2 saturated carbocycles. The maximum atomic E-state index is 14.4. The molecular formula is C40H43F3N8O6. The van der Waals surface area contributed by atoms with E-state index >= 15 is 0 Å². The van der Waals surface area contributed by atoms with E-state index in [1.165, 1.54) is 12.0 Å². The standard InChI is InChI=1S/C40H43F3N8O6/c1-57-39(56)48-32(26-16-17-26)37(53)51-19-3-5-29(51)35-46-30(33(49-35)40(41,42)43)24-12-8-22(9-13-24)21-6-10-23(11-7-21)27-20-44-34(45-27)28-4-2-18-50(28)36(52)31(25-14-15-25)47-38(54)55/h6-13,20,25-26,28-29,31-32,47H,2-5,14-19H2,1H3,(H,44,45)(H,46,49)(H,48,56)(H,54,55)/t28?,29-,31?,32?/m0/s1. The first-order chi connectivity index (χ1) is 27.4. The van der Waals surface area contributed by atoms with Crippen molar-refractivity contribution < 1.29 is 42.2 Å². The highest BCUT2D eigenvalue weighted by molar-refractivity contribution is 5.87. The first-order valence-corrected chi connectivity index (χ1v) is 19.3. The number of aromatic nitrogens is 4. The molecule has 0 bridgehead atoms. The number of carbonyl (C=O) groups is 4. The van der Waals surface area contributed by atoms with Crippen LogP contribution in [0.15, 0.2) is 54.7 Å². The maximum absolute atomic E-state index is 14.4. The fraction of sp³-hybridized carbons (Fsp3) is 0.450. The predicted octanol–water partition coefficient (Wildman–Crippen LogP) is 6.66. The number of halogens is 3. The van der Waals surface area contributed by atoms with Crippen molar-refractivity contribution in [3.8, 4) is 33.6 Å². The fourth-order valence-corrected chi connectivity index (χ4v) is 8.21. The van der Waals surface area contributed by atoms with Gasteiger partial charge in [0.1, 0.15) is 35.1 Å². The highest BCUT2D eigenvalue weighted by Crippen LogP contribution is 2.42. The third-order valence-corrected chi connectivity index (χ3v) is 11.4. The van der Waals surface area contributed by atoms with Crippen molar-refractivity contribution >= 4 is 24.0 Å². The number of nitrogens with zero attached hydrogens (tertiary/aromatic N) is 4. The lowest BCUT2D eigenvalue weighted by atomic mass is 10.0. The van der Waals surface area contributed by atoms with E-state index in [9.17, 15) is 37.5 Å². The van der Waals surface area contributed by atoms with Crippen LogP contribution in [0.2, 0.25) is 0 Å². The fourth-order valence-electron chi connectivity index (χ4n) is 8.21. The van der Waals surface area contributed by atoms with Gasteiger partial charge in [-0.3, -0.25) is 9.59 Å². The Bertz CT molecular complexity index is 2140. The molecule has 2 aromatic heterocycles. The van der Waals surface area contributed by atoms with Crippen LogP contribution in [0.5, 0.6) is 0 Å². The molecule has 0 radical (unpaired) electrons. The molecule has 2 saturated heterocycles. The number of carboxylic acid groups (broad SMARTS) is 1. The van der Waals surface area contributed by atoms with Gasteiger partial charge in [0.2, 0.25) is 11.8 Å². The summed E-state index contributed by atoms with van der Waals surface area (Å²) in [5.41, 5.74) is 2.20. The normalized spacial score (nSPS) is 20.6. The van der Waals surface area contributed by atoms with Crippen molar-refractivity contribution in [2.45, 2.75) is 81.7 Å². The molecule has 2 aliphatic heterocycles. The number of H-pyrrole nitrogens is 2. The average Bonchev–Trinajstić information content (AvgIpc) is 3.94. The van der Waals surface area contributed by atoms with Crippen molar-refractivity contribution in [3.63, 3.8) is 0 Å². The first kappa shape index (κ1) is 38.0. The summed E-state index contributed by atoms with van der Waals surface area (Å²) < 4.78 is 48.0. The van der Waals surface area contributed by atoms with Gasteiger partial charge in [-0.2, -0.15) is 13.2 Å². The molecule has 2 aromatic carbocycles. The van der Waals surface area contributed by atoms with Crippen molar-refractivity contribution in [3.05, 3.63) is 72.1 Å². The van der Waals surface area contributed by atoms with Crippen molar-refractivity contribution in [2.24, 2.45) is 11.8 Å². The Kier molecular flexibility index (Phi) is 10.2. The molecule has 17 heteroatoms. The number of alkyl halides is 3. The molecule has 4 amide bonds. The lowest BCUT2D eigenvalue weighted by Gasteiger charge is -2.28. The summed E-state index contributed by atoms with van der Waals surface area (Å²) in [6, 6.07) is 11.7. The molecule has 57 heavy (non-hydrogen) atoms. The van der Waals surface area contributed by atoms with Crippen LogP contribution >= 0.6 is 0 Å². The number of nitrogens with one attached hydrogen (secondary N) is 4. The zero-order valence-electron chi connectivity index (χ0n) is 31.1. The summed E-state index contributed by atoms with van der Waals surface area (Å²) in [7, 11) is 1.21. The molecule has 5 N–H and O–H groups in total. The number of hydrogen-bond donors (Lipinski definition) is 5. The molecule has 4 atom stereocenters. The maximum Gasteiger partial charge on any atom is 0.433 e. The van der Waals surface area contributed by atoms with Gasteiger partial charge in [-0.25, -0.2) is 19.6 Å². The lowest BCUT2D eigenvalue weighted by Crippen LogP contribution is -2.49. The van der Waals surface area contributed by atoms with Gasteiger partial charge in [-0.05, 0) is 79.9 Å². The van der Waals surface area contributed by atoms with Crippen LogP contribution in [0, 0.1) is 11.8 Å². The monoisotopic (exact) mass is 788 g/mol. The van der Waals surface area contributed by atoms with Gasteiger partial charge in [0.05, 0.1) is 31.1 Å². The number of likely N-dealkylation sites (tertiary alicyclic amines) is 2. The number of aromatic amines is 2. The first-order valence-electron chi connectivity index (χ1n) is 19.3. The summed E-state index contributed by atoms with van der Waals surface area (Å²) in [4.78, 5) is 68.5. The predicted molar refractivity (Wildman–Crippen MR) is 199 cm³/mol. The van der Waals surface area contributed by atoms with Crippen molar-refractivity contribution in [1.29, 1.82) is 0 Å². The third-order valence-electron chi connectivity index (χ3n) is 11.4.